The fourth-order valence-corrected chi connectivity index (χ4v) is 6.03. The second-order valence-electron chi connectivity index (χ2n) is 8.59. The first-order chi connectivity index (χ1) is 12.6. The third-order valence-corrected chi connectivity index (χ3v) is 6.88. The van der Waals surface area contributed by atoms with Gasteiger partial charge in [-0.25, -0.2) is 4.79 Å². The van der Waals surface area contributed by atoms with Crippen molar-refractivity contribution >= 4 is 6.03 Å². The number of hydrogen-bond donors (Lipinski definition) is 2. The lowest BCUT2D eigenvalue weighted by Gasteiger charge is -2.59. The topological polar surface area (TPSA) is 59.6 Å². The van der Waals surface area contributed by atoms with Crippen molar-refractivity contribution in [1.29, 1.82) is 0 Å². The molecule has 1 atom stereocenters. The summed E-state index contributed by atoms with van der Waals surface area (Å²) >= 11 is 0. The summed E-state index contributed by atoms with van der Waals surface area (Å²) in [5, 5.41) is 6.01. The third kappa shape index (κ3) is 3.36. The number of amides is 2. The van der Waals surface area contributed by atoms with Crippen LogP contribution in [-0.2, 0) is 0 Å². The molecular weight excluding hydrogens is 328 g/mol. The lowest BCUT2D eigenvalue weighted by molar-refractivity contribution is -0.0682. The first-order valence-electron chi connectivity index (χ1n) is 9.88. The number of urea groups is 1. The Balaban J connectivity index is 1.28. The highest BCUT2D eigenvalue weighted by Gasteiger charge is 2.53. The smallest absolute Gasteiger partial charge is 0.317 e. The second-order valence-corrected chi connectivity index (χ2v) is 8.59. The minimum atomic E-state index is -0.150. The molecule has 0 spiro atoms. The highest BCUT2D eigenvalue weighted by molar-refractivity contribution is 5.74. The molecule has 142 valence electrons. The molecule has 26 heavy (non-hydrogen) atoms. The minimum Gasteiger partial charge on any atom is -0.493 e. The Labute approximate surface area is 155 Å². The molecule has 2 N–H and O–H groups in total. The normalized spacial score (nSPS) is 32.8. The summed E-state index contributed by atoms with van der Waals surface area (Å²) in [4.78, 5) is 12.4. The number of rotatable bonds is 6. The van der Waals surface area contributed by atoms with Crippen molar-refractivity contribution in [1.82, 2.24) is 10.6 Å². The van der Waals surface area contributed by atoms with Gasteiger partial charge in [-0.3, -0.25) is 0 Å². The van der Waals surface area contributed by atoms with Gasteiger partial charge in [-0.1, -0.05) is 12.1 Å². The number of methoxy groups -OCH3 is 1. The molecule has 4 bridgehead atoms. The molecule has 5 nitrogen and oxygen atoms in total. The predicted octanol–water partition coefficient (Wildman–Crippen LogP) is 3.94. The van der Waals surface area contributed by atoms with E-state index in [0.29, 0.717) is 16.9 Å². The fraction of sp³-hybridized carbons (Fsp3) is 0.667. The third-order valence-electron chi connectivity index (χ3n) is 6.88. The first kappa shape index (κ1) is 17.5. The lowest BCUT2D eigenvalue weighted by atomic mass is 9.48. The molecule has 0 heterocycles. The van der Waals surface area contributed by atoms with Crippen LogP contribution in [0.5, 0.6) is 11.5 Å². The zero-order chi connectivity index (χ0) is 18.1. The van der Waals surface area contributed by atoms with Crippen LogP contribution < -0.4 is 20.1 Å². The van der Waals surface area contributed by atoms with Gasteiger partial charge in [0.25, 0.3) is 0 Å². The minimum absolute atomic E-state index is 0.125. The molecule has 1 aromatic carbocycles. The Bertz CT molecular complexity index is 625. The van der Waals surface area contributed by atoms with Gasteiger partial charge in [-0.05, 0) is 80.8 Å². The van der Waals surface area contributed by atoms with E-state index in [1.165, 1.54) is 38.5 Å². The van der Waals surface area contributed by atoms with Gasteiger partial charge in [0.2, 0.25) is 0 Å². The average molecular weight is 358 g/mol. The van der Waals surface area contributed by atoms with Crippen LogP contribution in [0.1, 0.15) is 45.4 Å². The molecule has 1 unspecified atom stereocenters. The molecule has 4 saturated carbocycles. The van der Waals surface area contributed by atoms with E-state index in [1.54, 1.807) is 7.11 Å². The Hall–Kier alpha value is -1.91. The maximum atomic E-state index is 12.4. The van der Waals surface area contributed by atoms with Crippen LogP contribution in [0.15, 0.2) is 24.3 Å². The molecule has 0 aliphatic heterocycles. The van der Waals surface area contributed by atoms with E-state index >= 15 is 0 Å². The van der Waals surface area contributed by atoms with Gasteiger partial charge >= 0.3 is 6.03 Å². The number of ether oxygens (including phenoxy) is 2. The highest BCUT2D eigenvalue weighted by Crippen LogP contribution is 2.61. The van der Waals surface area contributed by atoms with E-state index in [2.05, 4.69) is 17.6 Å². The van der Waals surface area contributed by atoms with Crippen LogP contribution in [0.4, 0.5) is 4.79 Å². The molecule has 4 aliphatic carbocycles. The van der Waals surface area contributed by atoms with Crippen LogP contribution in [0.25, 0.3) is 0 Å². The summed E-state index contributed by atoms with van der Waals surface area (Å²) in [5.41, 5.74) is 0.315. The first-order valence-corrected chi connectivity index (χ1v) is 9.88. The summed E-state index contributed by atoms with van der Waals surface area (Å²) in [7, 11) is 1.61. The summed E-state index contributed by atoms with van der Waals surface area (Å²) < 4.78 is 10.9. The summed E-state index contributed by atoms with van der Waals surface area (Å²) in [6.07, 6.45) is 8.13. The maximum absolute atomic E-state index is 12.4. The number of benzene rings is 1. The average Bonchev–Trinajstić information content (AvgIpc) is 2.61. The van der Waals surface area contributed by atoms with Crippen molar-refractivity contribution in [2.75, 3.05) is 13.8 Å². The lowest BCUT2D eigenvalue weighted by Crippen LogP contribution is -2.57. The highest BCUT2D eigenvalue weighted by atomic mass is 16.5. The Kier molecular flexibility index (Phi) is 4.72. The van der Waals surface area contributed by atoms with E-state index in [0.717, 1.165) is 17.8 Å². The maximum Gasteiger partial charge on any atom is 0.317 e. The van der Waals surface area contributed by atoms with Gasteiger partial charge in [-0.15, -0.1) is 0 Å². The number of para-hydroxylation sites is 2. The molecular formula is C21H30N2O3. The standard InChI is InChI=1S/C21H30N2O3/c1-14(21-10-15-7-16(11-21)9-17(8-15)12-21)23-20(24)22-13-26-19-6-4-3-5-18(19)25-2/h3-6,14-17H,7-13H2,1-2H3,(H2,22,23,24). The van der Waals surface area contributed by atoms with Crippen molar-refractivity contribution in [2.24, 2.45) is 23.2 Å². The van der Waals surface area contributed by atoms with Crippen molar-refractivity contribution in [2.45, 2.75) is 51.5 Å². The predicted molar refractivity (Wildman–Crippen MR) is 100 cm³/mol. The Morgan fingerprint density at radius 2 is 1.69 bits per heavy atom. The number of carbonyl (C=O) groups is 1. The van der Waals surface area contributed by atoms with Gasteiger partial charge < -0.3 is 20.1 Å². The quantitative estimate of drug-likeness (QED) is 0.758. The van der Waals surface area contributed by atoms with Crippen LogP contribution in [0.2, 0.25) is 0 Å². The Morgan fingerprint density at radius 1 is 1.12 bits per heavy atom. The van der Waals surface area contributed by atoms with Crippen LogP contribution in [-0.4, -0.2) is 25.9 Å². The van der Waals surface area contributed by atoms with Crippen LogP contribution in [0.3, 0.4) is 0 Å². The van der Waals surface area contributed by atoms with Crippen LogP contribution >= 0.6 is 0 Å². The van der Waals surface area contributed by atoms with Gasteiger partial charge in [0.05, 0.1) is 7.11 Å². The van der Waals surface area contributed by atoms with Crippen molar-refractivity contribution in [3.8, 4) is 11.5 Å². The van der Waals surface area contributed by atoms with E-state index in [9.17, 15) is 4.79 Å². The van der Waals surface area contributed by atoms with Crippen LogP contribution in [0, 0.1) is 23.2 Å². The zero-order valence-electron chi connectivity index (χ0n) is 15.8. The Morgan fingerprint density at radius 3 is 2.27 bits per heavy atom. The molecule has 5 rings (SSSR count). The molecule has 0 saturated heterocycles. The van der Waals surface area contributed by atoms with Gasteiger partial charge in [0.15, 0.2) is 18.2 Å². The largest absolute Gasteiger partial charge is 0.493 e. The fourth-order valence-electron chi connectivity index (χ4n) is 6.03. The summed E-state index contributed by atoms with van der Waals surface area (Å²) in [5.74, 6) is 3.97. The van der Waals surface area contributed by atoms with Gasteiger partial charge in [0.1, 0.15) is 0 Å². The van der Waals surface area contributed by atoms with Crippen molar-refractivity contribution < 1.29 is 14.3 Å². The molecule has 1 aromatic rings. The number of nitrogens with one attached hydrogen (secondary N) is 2. The second kappa shape index (κ2) is 7.01. The van der Waals surface area contributed by atoms with E-state index in [4.69, 9.17) is 9.47 Å². The van der Waals surface area contributed by atoms with Crippen molar-refractivity contribution in [3.63, 3.8) is 0 Å². The van der Waals surface area contributed by atoms with Gasteiger partial charge in [-0.2, -0.15) is 0 Å². The van der Waals surface area contributed by atoms with Crippen molar-refractivity contribution in [3.05, 3.63) is 24.3 Å². The van der Waals surface area contributed by atoms with E-state index in [1.807, 2.05) is 24.3 Å². The van der Waals surface area contributed by atoms with Gasteiger partial charge in [0, 0.05) is 6.04 Å². The SMILES string of the molecule is COc1ccccc1OCNC(=O)NC(C)C12CC3CC(CC(C3)C1)C2. The summed E-state index contributed by atoms with van der Waals surface area (Å²) in [6.45, 7) is 2.31. The van der Waals surface area contributed by atoms with E-state index in [-0.39, 0.29) is 18.8 Å². The molecule has 5 heteroatoms. The molecule has 0 radical (unpaired) electrons. The molecule has 4 aliphatic rings. The summed E-state index contributed by atoms with van der Waals surface area (Å²) in [6, 6.07) is 7.50. The molecule has 2 amide bonds. The number of hydrogen-bond acceptors (Lipinski definition) is 3. The monoisotopic (exact) mass is 358 g/mol. The number of carbonyl (C=O) groups excluding carboxylic acids is 1. The molecule has 4 fully saturated rings. The zero-order valence-corrected chi connectivity index (χ0v) is 15.8. The molecule has 0 aromatic heterocycles. The van der Waals surface area contributed by atoms with E-state index < -0.39 is 0 Å².